The quantitative estimate of drug-likeness (QED) is 0.784. The molecule has 1 heterocycles. The predicted octanol–water partition coefficient (Wildman–Crippen LogP) is 3.12. The number of hydrogen-bond acceptors (Lipinski definition) is 3. The van der Waals surface area contributed by atoms with E-state index in [1.165, 1.54) is 17.7 Å². The molecule has 2 nitrogen and oxygen atoms in total. The Kier molecular flexibility index (Phi) is 7.08. The Labute approximate surface area is 111 Å². The van der Waals surface area contributed by atoms with Gasteiger partial charge in [-0.1, -0.05) is 6.92 Å². The number of thioether (sulfide) groups is 1. The number of hydrogen-bond donors (Lipinski definition) is 1. The molecule has 0 saturated heterocycles. The van der Waals surface area contributed by atoms with Crippen LogP contribution in [-0.4, -0.2) is 29.6 Å². The van der Waals surface area contributed by atoms with Gasteiger partial charge in [0.25, 0.3) is 0 Å². The van der Waals surface area contributed by atoms with Gasteiger partial charge in [0, 0.05) is 28.7 Å². The minimum absolute atomic E-state index is 0.535. The smallest absolute Gasteiger partial charge is 0.0410 e. The monoisotopic (exact) mass is 302 g/mol. The third-order valence-electron chi connectivity index (χ3n) is 2.32. The maximum absolute atomic E-state index is 4.19. The first kappa shape index (κ1) is 14.0. The molecule has 1 rings (SSSR count). The number of likely N-dealkylation sites (N-methyl/N-ethyl adjacent to an activating group) is 1. The Bertz CT molecular complexity index is 307. The molecule has 4 heteroatoms. The van der Waals surface area contributed by atoms with Gasteiger partial charge in [0.2, 0.25) is 0 Å². The standard InChI is InChI=1S/C12H19BrN2S/c1-3-4-16-9-12(14-2)6-10-5-11(13)8-15-7-10/h5,7-8,12,14H,3-4,6,9H2,1-2H3. The van der Waals surface area contributed by atoms with Gasteiger partial charge in [-0.05, 0) is 53.2 Å². The zero-order valence-corrected chi connectivity index (χ0v) is 12.3. The van der Waals surface area contributed by atoms with Crippen molar-refractivity contribution in [2.24, 2.45) is 0 Å². The van der Waals surface area contributed by atoms with Crippen LogP contribution in [0.15, 0.2) is 22.9 Å². The Morgan fingerprint density at radius 3 is 2.94 bits per heavy atom. The van der Waals surface area contributed by atoms with Gasteiger partial charge in [-0.15, -0.1) is 0 Å². The average molecular weight is 303 g/mol. The van der Waals surface area contributed by atoms with E-state index in [9.17, 15) is 0 Å². The predicted molar refractivity (Wildman–Crippen MR) is 76.1 cm³/mol. The van der Waals surface area contributed by atoms with Crippen molar-refractivity contribution in [1.82, 2.24) is 10.3 Å². The normalized spacial score (nSPS) is 12.7. The molecule has 0 bridgehead atoms. The van der Waals surface area contributed by atoms with E-state index >= 15 is 0 Å². The van der Waals surface area contributed by atoms with Crippen molar-refractivity contribution in [3.8, 4) is 0 Å². The molecular formula is C12H19BrN2S. The van der Waals surface area contributed by atoms with Crippen molar-refractivity contribution in [3.05, 3.63) is 28.5 Å². The number of nitrogens with one attached hydrogen (secondary N) is 1. The second-order valence-corrected chi connectivity index (χ2v) is 5.84. The third kappa shape index (κ3) is 5.32. The van der Waals surface area contributed by atoms with Gasteiger partial charge < -0.3 is 5.32 Å². The highest BCUT2D eigenvalue weighted by Crippen LogP contribution is 2.13. The maximum Gasteiger partial charge on any atom is 0.0410 e. The van der Waals surface area contributed by atoms with E-state index in [0.717, 1.165) is 16.6 Å². The van der Waals surface area contributed by atoms with Gasteiger partial charge in [0.1, 0.15) is 0 Å². The van der Waals surface area contributed by atoms with E-state index in [0.29, 0.717) is 6.04 Å². The van der Waals surface area contributed by atoms with Crippen molar-refractivity contribution >= 4 is 27.7 Å². The Hall–Kier alpha value is -0.0600. The summed E-state index contributed by atoms with van der Waals surface area (Å²) < 4.78 is 1.06. The molecule has 0 saturated carbocycles. The van der Waals surface area contributed by atoms with E-state index in [1.807, 2.05) is 31.2 Å². The highest BCUT2D eigenvalue weighted by Gasteiger charge is 2.07. The largest absolute Gasteiger partial charge is 0.316 e. The fourth-order valence-corrected chi connectivity index (χ4v) is 2.90. The van der Waals surface area contributed by atoms with E-state index in [1.54, 1.807) is 0 Å². The van der Waals surface area contributed by atoms with E-state index in [-0.39, 0.29) is 0 Å². The van der Waals surface area contributed by atoms with Crippen LogP contribution in [0, 0.1) is 0 Å². The summed E-state index contributed by atoms with van der Waals surface area (Å²) in [6, 6.07) is 2.68. The van der Waals surface area contributed by atoms with Crippen LogP contribution in [0.1, 0.15) is 18.9 Å². The molecule has 0 aliphatic carbocycles. The SMILES string of the molecule is CCCSCC(Cc1cncc(Br)c1)NC. The topological polar surface area (TPSA) is 24.9 Å². The van der Waals surface area contributed by atoms with Crippen LogP contribution in [0.25, 0.3) is 0 Å². The molecule has 0 aliphatic heterocycles. The average Bonchev–Trinajstić information content (AvgIpc) is 2.28. The van der Waals surface area contributed by atoms with Crippen molar-refractivity contribution < 1.29 is 0 Å². The highest BCUT2D eigenvalue weighted by molar-refractivity contribution is 9.10. The summed E-state index contributed by atoms with van der Waals surface area (Å²) in [6.45, 7) is 2.22. The van der Waals surface area contributed by atoms with E-state index < -0.39 is 0 Å². The van der Waals surface area contributed by atoms with Crippen LogP contribution < -0.4 is 5.32 Å². The summed E-state index contributed by atoms with van der Waals surface area (Å²) in [5.74, 6) is 2.41. The molecule has 1 N–H and O–H groups in total. The molecule has 1 aromatic rings. The fraction of sp³-hybridized carbons (Fsp3) is 0.583. The maximum atomic E-state index is 4.19. The lowest BCUT2D eigenvalue weighted by molar-refractivity contribution is 0.616. The van der Waals surface area contributed by atoms with Gasteiger partial charge in [0.05, 0.1) is 0 Å². The van der Waals surface area contributed by atoms with Crippen LogP contribution in [-0.2, 0) is 6.42 Å². The minimum atomic E-state index is 0.535. The molecule has 0 spiro atoms. The molecule has 0 fully saturated rings. The third-order valence-corrected chi connectivity index (χ3v) is 4.09. The number of aromatic nitrogens is 1. The lowest BCUT2D eigenvalue weighted by Gasteiger charge is -2.15. The molecule has 1 unspecified atom stereocenters. The zero-order valence-electron chi connectivity index (χ0n) is 9.87. The Morgan fingerprint density at radius 1 is 1.50 bits per heavy atom. The number of rotatable bonds is 7. The Morgan fingerprint density at radius 2 is 2.31 bits per heavy atom. The van der Waals surface area contributed by atoms with Crippen LogP contribution in [0.4, 0.5) is 0 Å². The minimum Gasteiger partial charge on any atom is -0.316 e. The molecule has 0 aromatic carbocycles. The van der Waals surface area contributed by atoms with Crippen molar-refractivity contribution in [3.63, 3.8) is 0 Å². The molecule has 0 amide bonds. The first-order valence-electron chi connectivity index (χ1n) is 5.60. The van der Waals surface area contributed by atoms with Crippen LogP contribution >= 0.6 is 27.7 Å². The summed E-state index contributed by atoms with van der Waals surface area (Å²) in [6.07, 6.45) is 6.06. The molecule has 1 atom stereocenters. The summed E-state index contributed by atoms with van der Waals surface area (Å²) in [4.78, 5) is 4.19. The van der Waals surface area contributed by atoms with Gasteiger partial charge in [0.15, 0.2) is 0 Å². The molecule has 16 heavy (non-hydrogen) atoms. The van der Waals surface area contributed by atoms with E-state index in [4.69, 9.17) is 0 Å². The van der Waals surface area contributed by atoms with Gasteiger partial charge in [-0.25, -0.2) is 0 Å². The molecule has 0 aliphatic rings. The summed E-state index contributed by atoms with van der Waals surface area (Å²) in [7, 11) is 2.03. The molecule has 0 radical (unpaired) electrons. The number of nitrogens with zero attached hydrogens (tertiary/aromatic N) is 1. The second kappa shape index (κ2) is 8.09. The lowest BCUT2D eigenvalue weighted by Crippen LogP contribution is -2.30. The van der Waals surface area contributed by atoms with Crippen LogP contribution in [0.2, 0.25) is 0 Å². The summed E-state index contributed by atoms with van der Waals surface area (Å²) in [5.41, 5.74) is 1.28. The van der Waals surface area contributed by atoms with Crippen LogP contribution in [0.3, 0.4) is 0 Å². The summed E-state index contributed by atoms with van der Waals surface area (Å²) >= 11 is 5.46. The number of pyridine rings is 1. The van der Waals surface area contributed by atoms with E-state index in [2.05, 4.69) is 39.2 Å². The molecule has 90 valence electrons. The Balaban J connectivity index is 2.43. The second-order valence-electron chi connectivity index (χ2n) is 3.78. The van der Waals surface area contributed by atoms with Gasteiger partial charge >= 0.3 is 0 Å². The number of halogens is 1. The molecular weight excluding hydrogens is 284 g/mol. The van der Waals surface area contributed by atoms with Crippen molar-refractivity contribution in [2.75, 3.05) is 18.6 Å². The fourth-order valence-electron chi connectivity index (χ4n) is 1.47. The van der Waals surface area contributed by atoms with Crippen molar-refractivity contribution in [1.29, 1.82) is 0 Å². The lowest BCUT2D eigenvalue weighted by atomic mass is 10.1. The first-order chi connectivity index (χ1) is 7.76. The summed E-state index contributed by atoms with van der Waals surface area (Å²) in [5, 5.41) is 3.36. The highest BCUT2D eigenvalue weighted by atomic mass is 79.9. The first-order valence-corrected chi connectivity index (χ1v) is 7.55. The van der Waals surface area contributed by atoms with Gasteiger partial charge in [-0.2, -0.15) is 11.8 Å². The van der Waals surface area contributed by atoms with Gasteiger partial charge in [-0.3, -0.25) is 4.98 Å². The zero-order chi connectivity index (χ0) is 11.8. The van der Waals surface area contributed by atoms with Crippen molar-refractivity contribution in [2.45, 2.75) is 25.8 Å². The molecule has 1 aromatic heterocycles. The van der Waals surface area contributed by atoms with Crippen LogP contribution in [0.5, 0.6) is 0 Å².